The summed E-state index contributed by atoms with van der Waals surface area (Å²) in [5, 5.41) is 0. The Morgan fingerprint density at radius 1 is 1.37 bits per heavy atom. The first kappa shape index (κ1) is 14.8. The molecule has 2 fully saturated rings. The minimum atomic E-state index is 0.181. The Balaban J connectivity index is 1.91. The molecule has 4 atom stereocenters. The van der Waals surface area contributed by atoms with Gasteiger partial charge in [-0.3, -0.25) is 4.79 Å². The number of hydrogen-bond acceptors (Lipinski definition) is 3. The highest BCUT2D eigenvalue weighted by atomic mass is 16.5. The first-order chi connectivity index (χ1) is 9.11. The molecule has 1 aliphatic heterocycles. The Kier molecular flexibility index (Phi) is 5.22. The van der Waals surface area contributed by atoms with Gasteiger partial charge in [0.1, 0.15) is 0 Å². The largest absolute Gasteiger partial charge is 0.377 e. The van der Waals surface area contributed by atoms with Crippen LogP contribution in [0.3, 0.4) is 0 Å². The van der Waals surface area contributed by atoms with Crippen molar-refractivity contribution in [2.75, 3.05) is 19.7 Å². The second-order valence-corrected chi connectivity index (χ2v) is 6.16. The van der Waals surface area contributed by atoms with E-state index in [2.05, 4.69) is 6.92 Å². The SMILES string of the molecule is CCOC1CCCN(C(=O)C2CCC(N)CC2C)C1. The molecule has 2 rings (SSSR count). The van der Waals surface area contributed by atoms with Gasteiger partial charge in [0.05, 0.1) is 6.10 Å². The number of rotatable bonds is 3. The molecule has 4 unspecified atom stereocenters. The second kappa shape index (κ2) is 6.71. The number of piperidine rings is 1. The Morgan fingerprint density at radius 2 is 2.16 bits per heavy atom. The lowest BCUT2D eigenvalue weighted by molar-refractivity contribution is -0.142. The van der Waals surface area contributed by atoms with Crippen LogP contribution in [0.25, 0.3) is 0 Å². The monoisotopic (exact) mass is 268 g/mol. The predicted octanol–water partition coefficient (Wildman–Crippen LogP) is 1.78. The summed E-state index contributed by atoms with van der Waals surface area (Å²) >= 11 is 0. The van der Waals surface area contributed by atoms with Gasteiger partial charge < -0.3 is 15.4 Å². The molecular weight excluding hydrogens is 240 g/mol. The molecule has 1 aliphatic carbocycles. The summed E-state index contributed by atoms with van der Waals surface area (Å²) in [7, 11) is 0. The third-order valence-corrected chi connectivity index (χ3v) is 4.62. The van der Waals surface area contributed by atoms with Crippen molar-refractivity contribution in [1.82, 2.24) is 4.90 Å². The molecule has 1 saturated carbocycles. The predicted molar refractivity (Wildman–Crippen MR) is 75.7 cm³/mol. The lowest BCUT2D eigenvalue weighted by Gasteiger charge is -2.38. The number of nitrogens with zero attached hydrogens (tertiary/aromatic N) is 1. The fourth-order valence-electron chi connectivity index (χ4n) is 3.55. The maximum absolute atomic E-state index is 12.6. The van der Waals surface area contributed by atoms with Crippen molar-refractivity contribution in [3.05, 3.63) is 0 Å². The highest BCUT2D eigenvalue weighted by Crippen LogP contribution is 2.31. The van der Waals surface area contributed by atoms with Crippen LogP contribution in [-0.4, -0.2) is 42.6 Å². The fraction of sp³-hybridized carbons (Fsp3) is 0.933. The van der Waals surface area contributed by atoms with Gasteiger partial charge in [-0.1, -0.05) is 6.92 Å². The molecular formula is C15H28N2O2. The Bertz CT molecular complexity index is 307. The molecule has 2 aliphatic rings. The molecule has 0 aromatic heterocycles. The molecule has 0 spiro atoms. The van der Waals surface area contributed by atoms with E-state index in [1.807, 2.05) is 11.8 Å². The topological polar surface area (TPSA) is 55.6 Å². The van der Waals surface area contributed by atoms with Crippen molar-refractivity contribution in [3.8, 4) is 0 Å². The van der Waals surface area contributed by atoms with E-state index < -0.39 is 0 Å². The molecule has 19 heavy (non-hydrogen) atoms. The highest BCUT2D eigenvalue weighted by Gasteiger charge is 2.35. The molecule has 1 saturated heterocycles. The Labute approximate surface area is 116 Å². The average Bonchev–Trinajstić information content (AvgIpc) is 2.39. The lowest BCUT2D eigenvalue weighted by atomic mass is 9.77. The van der Waals surface area contributed by atoms with Gasteiger partial charge in [0.2, 0.25) is 5.91 Å². The zero-order valence-electron chi connectivity index (χ0n) is 12.3. The molecule has 4 heteroatoms. The highest BCUT2D eigenvalue weighted by molar-refractivity contribution is 5.79. The van der Waals surface area contributed by atoms with Crippen LogP contribution in [0.15, 0.2) is 0 Å². The van der Waals surface area contributed by atoms with Crippen molar-refractivity contribution in [1.29, 1.82) is 0 Å². The van der Waals surface area contributed by atoms with Gasteiger partial charge in [-0.05, 0) is 44.9 Å². The van der Waals surface area contributed by atoms with Gasteiger partial charge in [-0.2, -0.15) is 0 Å². The smallest absolute Gasteiger partial charge is 0.226 e. The van der Waals surface area contributed by atoms with Crippen LogP contribution in [0, 0.1) is 11.8 Å². The zero-order chi connectivity index (χ0) is 13.8. The maximum atomic E-state index is 12.6. The average molecular weight is 268 g/mol. The lowest BCUT2D eigenvalue weighted by Crippen LogP contribution is -2.48. The van der Waals surface area contributed by atoms with E-state index in [0.29, 0.717) is 11.8 Å². The normalized spacial score (nSPS) is 36.3. The summed E-state index contributed by atoms with van der Waals surface area (Å²) in [5.41, 5.74) is 5.98. The zero-order valence-corrected chi connectivity index (χ0v) is 12.3. The van der Waals surface area contributed by atoms with Gasteiger partial charge in [0.15, 0.2) is 0 Å². The quantitative estimate of drug-likeness (QED) is 0.849. The number of hydrogen-bond donors (Lipinski definition) is 1. The van der Waals surface area contributed by atoms with Crippen LogP contribution >= 0.6 is 0 Å². The minimum Gasteiger partial charge on any atom is -0.377 e. The van der Waals surface area contributed by atoms with Crippen LogP contribution in [0.4, 0.5) is 0 Å². The Morgan fingerprint density at radius 3 is 2.84 bits per heavy atom. The van der Waals surface area contributed by atoms with E-state index >= 15 is 0 Å². The van der Waals surface area contributed by atoms with E-state index in [9.17, 15) is 4.79 Å². The number of carbonyl (C=O) groups excluding carboxylic acids is 1. The van der Waals surface area contributed by atoms with E-state index in [1.165, 1.54) is 0 Å². The summed E-state index contributed by atoms with van der Waals surface area (Å²) in [6.45, 7) is 6.61. The van der Waals surface area contributed by atoms with E-state index in [-0.39, 0.29) is 18.1 Å². The van der Waals surface area contributed by atoms with Gasteiger partial charge in [0.25, 0.3) is 0 Å². The van der Waals surface area contributed by atoms with E-state index in [4.69, 9.17) is 10.5 Å². The molecule has 1 amide bonds. The van der Waals surface area contributed by atoms with Crippen LogP contribution < -0.4 is 5.73 Å². The third kappa shape index (κ3) is 3.69. The third-order valence-electron chi connectivity index (χ3n) is 4.62. The van der Waals surface area contributed by atoms with Gasteiger partial charge >= 0.3 is 0 Å². The number of carbonyl (C=O) groups is 1. The first-order valence-corrected chi connectivity index (χ1v) is 7.77. The molecule has 0 aromatic carbocycles. The van der Waals surface area contributed by atoms with Gasteiger partial charge in [-0.15, -0.1) is 0 Å². The summed E-state index contributed by atoms with van der Waals surface area (Å²) in [6.07, 6.45) is 5.32. The summed E-state index contributed by atoms with van der Waals surface area (Å²) in [5.74, 6) is 0.938. The van der Waals surface area contributed by atoms with Crippen LogP contribution in [0.1, 0.15) is 46.0 Å². The van der Waals surface area contributed by atoms with E-state index in [0.717, 1.165) is 51.8 Å². The van der Waals surface area contributed by atoms with Crippen molar-refractivity contribution >= 4 is 5.91 Å². The fourth-order valence-corrected chi connectivity index (χ4v) is 3.55. The molecule has 1 heterocycles. The maximum Gasteiger partial charge on any atom is 0.226 e. The number of amides is 1. The van der Waals surface area contributed by atoms with Gasteiger partial charge in [-0.25, -0.2) is 0 Å². The minimum absolute atomic E-state index is 0.181. The van der Waals surface area contributed by atoms with Crippen LogP contribution in [0.5, 0.6) is 0 Å². The van der Waals surface area contributed by atoms with Crippen LogP contribution in [-0.2, 0) is 9.53 Å². The number of nitrogens with two attached hydrogens (primary N) is 1. The molecule has 4 nitrogen and oxygen atoms in total. The summed E-state index contributed by atoms with van der Waals surface area (Å²) in [6, 6.07) is 0.288. The second-order valence-electron chi connectivity index (χ2n) is 6.16. The summed E-state index contributed by atoms with van der Waals surface area (Å²) < 4.78 is 5.68. The van der Waals surface area contributed by atoms with Crippen molar-refractivity contribution in [2.24, 2.45) is 17.6 Å². The molecule has 0 aromatic rings. The molecule has 0 radical (unpaired) electrons. The van der Waals surface area contributed by atoms with Crippen molar-refractivity contribution < 1.29 is 9.53 Å². The number of likely N-dealkylation sites (tertiary alicyclic amines) is 1. The first-order valence-electron chi connectivity index (χ1n) is 7.77. The number of ether oxygens (including phenoxy) is 1. The summed E-state index contributed by atoms with van der Waals surface area (Å²) in [4.78, 5) is 14.7. The van der Waals surface area contributed by atoms with Crippen LogP contribution in [0.2, 0.25) is 0 Å². The molecule has 2 N–H and O–H groups in total. The molecule has 110 valence electrons. The molecule has 0 bridgehead atoms. The standard InChI is InChI=1S/C15H28N2O2/c1-3-19-13-5-4-8-17(10-13)15(18)14-7-6-12(16)9-11(14)2/h11-14H,3-10,16H2,1-2H3. The van der Waals surface area contributed by atoms with Crippen molar-refractivity contribution in [3.63, 3.8) is 0 Å². The van der Waals surface area contributed by atoms with Crippen molar-refractivity contribution in [2.45, 2.75) is 58.1 Å². The van der Waals surface area contributed by atoms with Gasteiger partial charge in [0, 0.05) is 31.7 Å². The Hall–Kier alpha value is -0.610. The van der Waals surface area contributed by atoms with E-state index in [1.54, 1.807) is 0 Å².